The first-order chi connectivity index (χ1) is 17.9. The van der Waals surface area contributed by atoms with Crippen LogP contribution in [0.25, 0.3) is 55.8 Å². The lowest BCUT2D eigenvalue weighted by Crippen LogP contribution is -1.97. The van der Waals surface area contributed by atoms with Crippen molar-refractivity contribution in [1.29, 1.82) is 0 Å². The Morgan fingerprint density at radius 2 is 1.76 bits per heavy atom. The van der Waals surface area contributed by atoms with Gasteiger partial charge < -0.3 is 9.54 Å². The number of halogens is 1. The normalized spacial score (nSPS) is 11.9. The van der Waals surface area contributed by atoms with E-state index in [9.17, 15) is 4.39 Å². The van der Waals surface area contributed by atoms with Crippen molar-refractivity contribution in [3.05, 3.63) is 84.6 Å². The average Bonchev–Trinajstić information content (AvgIpc) is 3.52. The molecule has 1 unspecified atom stereocenters. The standard InChI is InChI=1S/C26H19FN6.H3NO2S/c1-2-15-11-17(13-18(27)12-15)24-19-14-23(30-21(19)7-10-29-24)26-25-22(32-33-26)4-3-20(31-25)16-5-8-28-9-6-16;1-4(2)3/h3-14,30H,2H2,1H3,(H,32,33);1H2,(H,2,3)/p-1. The number of nitrogens with two attached hydrogens (primary N) is 1. The van der Waals surface area contributed by atoms with Gasteiger partial charge in [0.25, 0.3) is 0 Å². The number of nitrogens with one attached hydrogen (secondary N) is 2. The second-order valence-electron chi connectivity index (χ2n) is 8.17. The SMILES string of the molecule is CCc1cc(F)cc(-c2nccc3[nH]c(-c4n[nH]c5ccc(-c6ccncc6)nc45)cc23)c1.NS(=O)[O-]. The number of aromatic nitrogens is 6. The largest absolute Gasteiger partial charge is 0.760 e. The number of H-pyrrole nitrogens is 2. The van der Waals surface area contributed by atoms with Gasteiger partial charge in [-0.3, -0.25) is 24.4 Å². The van der Waals surface area contributed by atoms with E-state index in [1.807, 2.05) is 49.4 Å². The van der Waals surface area contributed by atoms with Crippen LogP contribution in [0.15, 0.2) is 73.2 Å². The molecule has 0 aliphatic rings. The van der Waals surface area contributed by atoms with Crippen LogP contribution in [0.5, 0.6) is 0 Å². The molecule has 5 aromatic heterocycles. The summed E-state index contributed by atoms with van der Waals surface area (Å²) in [6.45, 7) is 2.01. The molecule has 1 aromatic carbocycles. The quantitative estimate of drug-likeness (QED) is 0.291. The first kappa shape index (κ1) is 24.4. The van der Waals surface area contributed by atoms with Crippen molar-refractivity contribution in [3.63, 3.8) is 0 Å². The molecule has 6 rings (SSSR count). The summed E-state index contributed by atoms with van der Waals surface area (Å²) in [6.07, 6.45) is 5.99. The maximum absolute atomic E-state index is 14.2. The molecule has 37 heavy (non-hydrogen) atoms. The van der Waals surface area contributed by atoms with Crippen LogP contribution in [0.3, 0.4) is 0 Å². The molecule has 9 nitrogen and oxygen atoms in total. The van der Waals surface area contributed by atoms with Gasteiger partial charge in [-0.15, -0.1) is 0 Å². The molecular weight excluding hydrogens is 493 g/mol. The molecule has 0 aliphatic heterocycles. The summed E-state index contributed by atoms with van der Waals surface area (Å²) in [7, 11) is 0. The van der Waals surface area contributed by atoms with Gasteiger partial charge in [-0.1, -0.05) is 6.92 Å². The number of hydrogen-bond acceptors (Lipinski definition) is 6. The number of pyridine rings is 3. The van der Waals surface area contributed by atoms with Crippen LogP contribution in [0.4, 0.5) is 4.39 Å². The van der Waals surface area contributed by atoms with Crippen molar-refractivity contribution in [3.8, 4) is 33.9 Å². The number of aromatic amines is 2. The molecule has 6 aromatic rings. The third-order valence-corrected chi connectivity index (χ3v) is 5.83. The molecule has 0 spiro atoms. The highest BCUT2D eigenvalue weighted by Crippen LogP contribution is 2.33. The molecule has 5 heterocycles. The lowest BCUT2D eigenvalue weighted by atomic mass is 10.0. The molecular formula is C26H21FN7O2S-. The van der Waals surface area contributed by atoms with E-state index in [2.05, 4.69) is 30.3 Å². The summed E-state index contributed by atoms with van der Waals surface area (Å²) < 4.78 is 31.8. The molecule has 0 aliphatic carbocycles. The number of benzene rings is 1. The highest BCUT2D eigenvalue weighted by atomic mass is 32.2. The zero-order chi connectivity index (χ0) is 25.9. The highest BCUT2D eigenvalue weighted by Gasteiger charge is 2.16. The van der Waals surface area contributed by atoms with Gasteiger partial charge in [-0.25, -0.2) is 9.37 Å². The van der Waals surface area contributed by atoms with Gasteiger partial charge in [0.1, 0.15) is 17.0 Å². The van der Waals surface area contributed by atoms with E-state index in [1.165, 1.54) is 6.07 Å². The third-order valence-electron chi connectivity index (χ3n) is 5.83. The van der Waals surface area contributed by atoms with Crippen LogP contribution in [-0.4, -0.2) is 38.9 Å². The zero-order valence-electron chi connectivity index (χ0n) is 19.6. The first-order valence-corrected chi connectivity index (χ1v) is 12.4. The Bertz CT molecular complexity index is 1730. The molecule has 0 amide bonds. The summed E-state index contributed by atoms with van der Waals surface area (Å²) >= 11 is -2.36. The summed E-state index contributed by atoms with van der Waals surface area (Å²) in [5, 5.41) is 12.5. The Morgan fingerprint density at radius 3 is 2.51 bits per heavy atom. The lowest BCUT2D eigenvalue weighted by molar-refractivity contribution is 0.538. The number of fused-ring (bicyclic) bond motifs is 2. The number of hydrogen-bond donors (Lipinski definition) is 3. The van der Waals surface area contributed by atoms with Gasteiger partial charge in [0, 0.05) is 51.9 Å². The van der Waals surface area contributed by atoms with Crippen molar-refractivity contribution in [2.24, 2.45) is 5.14 Å². The molecule has 4 N–H and O–H groups in total. The molecule has 0 fully saturated rings. The summed E-state index contributed by atoms with van der Waals surface area (Å²) in [5.74, 6) is -0.259. The fraction of sp³-hybridized carbons (Fsp3) is 0.0769. The van der Waals surface area contributed by atoms with Crippen LogP contribution in [-0.2, 0) is 17.7 Å². The van der Waals surface area contributed by atoms with Crippen molar-refractivity contribution in [2.45, 2.75) is 13.3 Å². The monoisotopic (exact) mass is 514 g/mol. The Labute approximate surface area is 213 Å². The van der Waals surface area contributed by atoms with Gasteiger partial charge in [-0.05, 0) is 66.6 Å². The minimum atomic E-state index is -2.36. The Kier molecular flexibility index (Phi) is 6.82. The minimum Gasteiger partial charge on any atom is -0.760 e. The fourth-order valence-electron chi connectivity index (χ4n) is 4.17. The van der Waals surface area contributed by atoms with E-state index < -0.39 is 11.3 Å². The van der Waals surface area contributed by atoms with E-state index in [4.69, 9.17) is 13.7 Å². The maximum atomic E-state index is 14.2. The Balaban J connectivity index is 0.000000655. The lowest BCUT2D eigenvalue weighted by Gasteiger charge is -2.05. The van der Waals surface area contributed by atoms with Crippen LogP contribution in [0, 0.1) is 5.82 Å². The summed E-state index contributed by atoms with van der Waals surface area (Å²) in [5.41, 5.74) is 8.31. The molecule has 186 valence electrons. The highest BCUT2D eigenvalue weighted by molar-refractivity contribution is 7.76. The Hall–Kier alpha value is -4.32. The molecule has 11 heteroatoms. The number of rotatable bonds is 4. The number of aryl methyl sites for hydroxylation is 1. The fourth-order valence-corrected chi connectivity index (χ4v) is 4.17. The zero-order valence-corrected chi connectivity index (χ0v) is 20.4. The average molecular weight is 515 g/mol. The smallest absolute Gasteiger partial charge is 0.135 e. The molecule has 0 bridgehead atoms. The number of nitrogens with zero attached hydrogens (tertiary/aromatic N) is 4. The van der Waals surface area contributed by atoms with Crippen LogP contribution in [0.1, 0.15) is 12.5 Å². The van der Waals surface area contributed by atoms with Gasteiger partial charge in [-0.2, -0.15) is 5.10 Å². The minimum absolute atomic E-state index is 0.259. The van der Waals surface area contributed by atoms with E-state index >= 15 is 0 Å². The van der Waals surface area contributed by atoms with Crippen LogP contribution in [0.2, 0.25) is 0 Å². The second-order valence-corrected chi connectivity index (χ2v) is 8.69. The first-order valence-electron chi connectivity index (χ1n) is 11.3. The summed E-state index contributed by atoms with van der Waals surface area (Å²) in [6, 6.07) is 16.8. The van der Waals surface area contributed by atoms with Gasteiger partial charge in [0.2, 0.25) is 0 Å². The van der Waals surface area contributed by atoms with E-state index in [0.717, 1.165) is 67.8 Å². The van der Waals surface area contributed by atoms with E-state index in [0.29, 0.717) is 0 Å². The third kappa shape index (κ3) is 5.14. The van der Waals surface area contributed by atoms with Crippen molar-refractivity contribution in [1.82, 2.24) is 30.1 Å². The second kappa shape index (κ2) is 10.3. The van der Waals surface area contributed by atoms with Crippen LogP contribution >= 0.6 is 0 Å². The topological polar surface area (TPSA) is 149 Å². The molecule has 0 saturated carbocycles. The van der Waals surface area contributed by atoms with Gasteiger partial charge in [0.05, 0.1) is 22.6 Å². The summed E-state index contributed by atoms with van der Waals surface area (Å²) in [4.78, 5) is 16.9. The van der Waals surface area contributed by atoms with Crippen LogP contribution < -0.4 is 5.14 Å². The van der Waals surface area contributed by atoms with Crippen molar-refractivity contribution in [2.75, 3.05) is 0 Å². The predicted molar refractivity (Wildman–Crippen MR) is 140 cm³/mol. The molecule has 0 radical (unpaired) electrons. The maximum Gasteiger partial charge on any atom is 0.135 e. The van der Waals surface area contributed by atoms with E-state index in [1.54, 1.807) is 24.7 Å². The van der Waals surface area contributed by atoms with Crippen molar-refractivity contribution < 1.29 is 13.2 Å². The predicted octanol–water partition coefficient (Wildman–Crippen LogP) is 4.67. The van der Waals surface area contributed by atoms with Gasteiger partial charge in [0.15, 0.2) is 0 Å². The van der Waals surface area contributed by atoms with Crippen molar-refractivity contribution >= 4 is 33.2 Å². The van der Waals surface area contributed by atoms with E-state index in [-0.39, 0.29) is 5.82 Å². The van der Waals surface area contributed by atoms with Gasteiger partial charge >= 0.3 is 0 Å². The Morgan fingerprint density at radius 1 is 0.973 bits per heavy atom. The molecule has 1 atom stereocenters. The molecule has 0 saturated heterocycles.